The normalized spacial score (nSPS) is 0. The molecule has 0 bridgehead atoms. The first-order chi connectivity index (χ1) is 0. The maximum atomic E-state index is 0. The van der Waals surface area contributed by atoms with E-state index in [0.717, 1.165) is 0 Å². The average Bonchev–Trinajstić information content (AvgIpc) is 0. The Morgan fingerprint density at radius 3 is 1.00 bits per heavy atom. The Balaban J connectivity index is 0. The zero-order valence-corrected chi connectivity index (χ0v) is 10.5. The van der Waals surface area contributed by atoms with E-state index >= 15 is 0 Å². The standard InChI is InChI=1S/Ba.Cu.Nd.O/q2*+2;+3;-2. The van der Waals surface area contributed by atoms with Crippen molar-refractivity contribution in [2.45, 2.75) is 0 Å². The van der Waals surface area contributed by atoms with Crippen LogP contribution in [0.1, 0.15) is 0 Å². The minimum Gasteiger partial charge on any atom is -2.00 e. The van der Waals surface area contributed by atoms with Crippen LogP contribution < -0.4 is 0 Å². The van der Waals surface area contributed by atoms with Gasteiger partial charge in [0.2, 0.25) is 0 Å². The summed E-state index contributed by atoms with van der Waals surface area (Å²) >= 11 is 0. The maximum Gasteiger partial charge on any atom is 3.00 e. The fourth-order valence-electron chi connectivity index (χ4n) is 0. The molecule has 0 aromatic rings. The Bertz CT molecular complexity index is 8.00. The molecule has 0 amide bonds. The van der Waals surface area contributed by atoms with Crippen molar-refractivity contribution < 1.29 is 63.4 Å². The summed E-state index contributed by atoms with van der Waals surface area (Å²) in [5.41, 5.74) is 0. The SMILES string of the molecule is [Ba+2].[Cu+2].[Nd+3].[O-2]. The molecule has 18 valence electrons. The monoisotopic (exact) mass is 359 g/mol. The van der Waals surface area contributed by atoms with Crippen molar-refractivity contribution in [1.29, 1.82) is 0 Å². The van der Waals surface area contributed by atoms with Crippen LogP contribution in [0.2, 0.25) is 0 Å². The largest absolute Gasteiger partial charge is 3.00 e. The van der Waals surface area contributed by atoms with E-state index in [0.29, 0.717) is 0 Å². The fraction of sp³-hybridized carbons (Fsp3) is 0. The predicted octanol–water partition coefficient (Wildman–Crippen LogP) is -0.502. The van der Waals surface area contributed by atoms with Gasteiger partial charge in [0.05, 0.1) is 0 Å². The Morgan fingerprint density at radius 2 is 1.00 bits per heavy atom. The predicted molar refractivity (Wildman–Crippen MR) is 6.44 cm³/mol. The van der Waals surface area contributed by atoms with Crippen molar-refractivity contribution >= 4 is 48.9 Å². The molecular weight excluding hydrogens is 361 g/mol. The first kappa shape index (κ1) is 26.2. The van der Waals surface area contributed by atoms with Crippen LogP contribution in [0.5, 0.6) is 0 Å². The van der Waals surface area contributed by atoms with Gasteiger partial charge in [0.25, 0.3) is 0 Å². The Morgan fingerprint density at radius 1 is 1.00 bits per heavy atom. The van der Waals surface area contributed by atoms with Gasteiger partial charge >= 0.3 is 107 Å². The van der Waals surface area contributed by atoms with Crippen LogP contribution >= 0.6 is 0 Å². The van der Waals surface area contributed by atoms with Crippen molar-refractivity contribution in [2.24, 2.45) is 0 Å². The average molecular weight is 361 g/mol. The first-order valence-corrected chi connectivity index (χ1v) is 0. The topological polar surface area (TPSA) is 28.5 Å². The molecule has 0 aliphatic heterocycles. The van der Waals surface area contributed by atoms with Crippen molar-refractivity contribution in [3.8, 4) is 0 Å². The van der Waals surface area contributed by atoms with Crippen LogP contribution in [-0.4, -0.2) is 48.9 Å². The van der Waals surface area contributed by atoms with Crippen LogP contribution in [-0.2, 0) is 22.5 Å². The third-order valence-electron chi connectivity index (χ3n) is 0. The Kier molecular flexibility index (Phi) is 106. The summed E-state index contributed by atoms with van der Waals surface area (Å²) in [4.78, 5) is 0. The van der Waals surface area contributed by atoms with Gasteiger partial charge in [0.1, 0.15) is 0 Å². The second-order valence-corrected chi connectivity index (χ2v) is 0. The van der Waals surface area contributed by atoms with E-state index in [1.807, 2.05) is 0 Å². The minimum atomic E-state index is 0. The second-order valence-electron chi connectivity index (χ2n) is 0. The third-order valence-corrected chi connectivity index (χ3v) is 0. The van der Waals surface area contributed by atoms with Gasteiger partial charge in [0, 0.05) is 0 Å². The molecule has 0 rings (SSSR count). The van der Waals surface area contributed by atoms with Crippen LogP contribution in [0, 0.1) is 40.8 Å². The molecule has 0 atom stereocenters. The molecule has 0 saturated heterocycles. The molecule has 0 N–H and O–H groups in total. The van der Waals surface area contributed by atoms with E-state index < -0.39 is 0 Å². The molecule has 0 aromatic carbocycles. The summed E-state index contributed by atoms with van der Waals surface area (Å²) in [6.07, 6.45) is 0. The van der Waals surface area contributed by atoms with Gasteiger partial charge in [-0.25, -0.2) is 0 Å². The van der Waals surface area contributed by atoms with Crippen molar-refractivity contribution in [2.75, 3.05) is 0 Å². The van der Waals surface area contributed by atoms with Crippen LogP contribution in [0.15, 0.2) is 0 Å². The van der Waals surface area contributed by atoms with Crippen molar-refractivity contribution in [1.82, 2.24) is 0 Å². The van der Waals surface area contributed by atoms with Gasteiger partial charge in [-0.2, -0.15) is 0 Å². The summed E-state index contributed by atoms with van der Waals surface area (Å²) in [5.74, 6) is 0. The van der Waals surface area contributed by atoms with Gasteiger partial charge in [-0.15, -0.1) is 0 Å². The van der Waals surface area contributed by atoms with Crippen LogP contribution in [0.3, 0.4) is 0 Å². The zero-order valence-electron chi connectivity index (χ0n) is 1.92. The van der Waals surface area contributed by atoms with Crippen molar-refractivity contribution in [3.05, 3.63) is 0 Å². The van der Waals surface area contributed by atoms with Gasteiger partial charge < -0.3 is 5.48 Å². The van der Waals surface area contributed by atoms with E-state index in [9.17, 15) is 0 Å². The molecule has 0 saturated carbocycles. The second kappa shape index (κ2) is 16.1. The number of rotatable bonds is 0. The van der Waals surface area contributed by atoms with Gasteiger partial charge in [-0.05, 0) is 0 Å². The number of hydrogen-bond donors (Lipinski definition) is 0. The van der Waals surface area contributed by atoms with Gasteiger partial charge in [0.15, 0.2) is 0 Å². The summed E-state index contributed by atoms with van der Waals surface area (Å²) < 4.78 is 0. The smallest absolute Gasteiger partial charge is 2.00 e. The molecular formula is BaCuNdO+5. The molecule has 0 aliphatic carbocycles. The molecule has 2 radical (unpaired) electrons. The summed E-state index contributed by atoms with van der Waals surface area (Å²) in [6.45, 7) is 0. The summed E-state index contributed by atoms with van der Waals surface area (Å²) in [6, 6.07) is 0. The molecule has 0 heterocycles. The van der Waals surface area contributed by atoms with Crippen molar-refractivity contribution in [3.63, 3.8) is 0 Å². The maximum absolute atomic E-state index is 0. The first-order valence-electron chi connectivity index (χ1n) is 0. The third kappa shape index (κ3) is 9.04. The molecule has 0 spiro atoms. The molecule has 0 fully saturated rings. The fourth-order valence-corrected chi connectivity index (χ4v) is 0. The van der Waals surface area contributed by atoms with E-state index in [1.165, 1.54) is 0 Å². The zero-order chi connectivity index (χ0) is 0. The molecule has 4 heavy (non-hydrogen) atoms. The molecule has 0 unspecified atom stereocenters. The molecule has 0 aliphatic rings. The van der Waals surface area contributed by atoms with E-state index in [2.05, 4.69) is 0 Å². The summed E-state index contributed by atoms with van der Waals surface area (Å²) in [5, 5.41) is 0. The van der Waals surface area contributed by atoms with E-state index in [-0.39, 0.29) is 112 Å². The number of hydrogen-bond acceptors (Lipinski definition) is 0. The molecule has 1 nitrogen and oxygen atoms in total. The minimum absolute atomic E-state index is 0. The Hall–Kier alpha value is 3.40. The van der Waals surface area contributed by atoms with E-state index in [1.54, 1.807) is 0 Å². The van der Waals surface area contributed by atoms with E-state index in [4.69, 9.17) is 0 Å². The van der Waals surface area contributed by atoms with Gasteiger partial charge in [-0.3, -0.25) is 0 Å². The quantitative estimate of drug-likeness (QED) is 0.521. The molecule has 0 aromatic heterocycles. The van der Waals surface area contributed by atoms with Gasteiger partial charge in [-0.1, -0.05) is 0 Å². The van der Waals surface area contributed by atoms with Crippen LogP contribution in [0.25, 0.3) is 0 Å². The summed E-state index contributed by atoms with van der Waals surface area (Å²) in [7, 11) is 0. The van der Waals surface area contributed by atoms with Crippen LogP contribution in [0.4, 0.5) is 0 Å². The molecule has 4 heteroatoms. The Labute approximate surface area is 109 Å².